The van der Waals surface area contributed by atoms with Gasteiger partial charge >= 0.3 is 0 Å². The average molecular weight is 272 g/mol. The molecule has 0 N–H and O–H groups in total. The largest absolute Gasteiger partial charge is 0.234 e. The summed E-state index contributed by atoms with van der Waals surface area (Å²) in [7, 11) is 0. The van der Waals surface area contributed by atoms with Crippen molar-refractivity contribution in [1.29, 1.82) is 0 Å². The van der Waals surface area contributed by atoms with Crippen LogP contribution in [0.5, 0.6) is 0 Å². The standard InChI is InChI=1S/C13H12Cl2FN/c1-13(2,3)9-5-7-4-8(16)6-10(14)11(7)17-12(9)15/h4-6H,1-3H3. The Labute approximate surface area is 110 Å². The Hall–Kier alpha value is -0.860. The maximum atomic E-state index is 13.3. The van der Waals surface area contributed by atoms with Crippen LogP contribution in [0, 0.1) is 5.82 Å². The van der Waals surface area contributed by atoms with Crippen molar-refractivity contribution in [3.8, 4) is 0 Å². The summed E-state index contributed by atoms with van der Waals surface area (Å²) in [6.45, 7) is 6.09. The van der Waals surface area contributed by atoms with E-state index in [2.05, 4.69) is 4.98 Å². The summed E-state index contributed by atoms with van der Waals surface area (Å²) in [4.78, 5) is 4.25. The molecule has 17 heavy (non-hydrogen) atoms. The Morgan fingerprint density at radius 2 is 1.76 bits per heavy atom. The molecule has 0 saturated heterocycles. The molecule has 0 amide bonds. The van der Waals surface area contributed by atoms with Gasteiger partial charge in [0.1, 0.15) is 11.0 Å². The van der Waals surface area contributed by atoms with Gasteiger partial charge in [-0.2, -0.15) is 0 Å². The average Bonchev–Trinajstić information content (AvgIpc) is 2.16. The molecule has 0 aliphatic carbocycles. The lowest BCUT2D eigenvalue weighted by Gasteiger charge is -2.20. The molecule has 0 aliphatic heterocycles. The first-order valence-electron chi connectivity index (χ1n) is 5.25. The topological polar surface area (TPSA) is 12.9 Å². The highest BCUT2D eigenvalue weighted by molar-refractivity contribution is 6.36. The van der Waals surface area contributed by atoms with Crippen molar-refractivity contribution in [2.24, 2.45) is 0 Å². The Morgan fingerprint density at radius 1 is 1.12 bits per heavy atom. The van der Waals surface area contributed by atoms with Crippen LogP contribution in [0.4, 0.5) is 4.39 Å². The van der Waals surface area contributed by atoms with Gasteiger partial charge < -0.3 is 0 Å². The first kappa shape index (κ1) is 12.6. The van der Waals surface area contributed by atoms with E-state index in [1.54, 1.807) is 0 Å². The molecule has 90 valence electrons. The predicted molar refractivity (Wildman–Crippen MR) is 70.4 cm³/mol. The van der Waals surface area contributed by atoms with E-state index in [9.17, 15) is 4.39 Å². The molecule has 1 heterocycles. The second kappa shape index (κ2) is 4.11. The maximum Gasteiger partial charge on any atom is 0.133 e. The summed E-state index contributed by atoms with van der Waals surface area (Å²) in [5.74, 6) is -0.369. The lowest BCUT2D eigenvalue weighted by Crippen LogP contribution is -2.12. The third-order valence-corrected chi connectivity index (χ3v) is 3.17. The smallest absolute Gasteiger partial charge is 0.133 e. The second-order valence-electron chi connectivity index (χ2n) is 5.04. The summed E-state index contributed by atoms with van der Waals surface area (Å²) in [5, 5.41) is 1.37. The lowest BCUT2D eigenvalue weighted by atomic mass is 9.87. The number of benzene rings is 1. The maximum absolute atomic E-state index is 13.3. The normalized spacial score (nSPS) is 12.1. The van der Waals surface area contributed by atoms with Gasteiger partial charge in [-0.05, 0) is 29.2 Å². The third kappa shape index (κ3) is 2.38. The fraction of sp³-hybridized carbons (Fsp3) is 0.308. The van der Waals surface area contributed by atoms with Crippen LogP contribution in [0.2, 0.25) is 10.2 Å². The van der Waals surface area contributed by atoms with Gasteiger partial charge in [-0.1, -0.05) is 44.0 Å². The zero-order valence-corrected chi connectivity index (χ0v) is 11.3. The highest BCUT2D eigenvalue weighted by Gasteiger charge is 2.19. The monoisotopic (exact) mass is 271 g/mol. The summed E-state index contributed by atoms with van der Waals surface area (Å²) in [6.07, 6.45) is 0. The predicted octanol–water partition coefficient (Wildman–Crippen LogP) is 4.98. The van der Waals surface area contributed by atoms with E-state index in [0.29, 0.717) is 16.1 Å². The quantitative estimate of drug-likeness (QED) is 0.616. The van der Waals surface area contributed by atoms with Gasteiger partial charge in [0.15, 0.2) is 0 Å². The van der Waals surface area contributed by atoms with Crippen LogP contribution < -0.4 is 0 Å². The summed E-state index contributed by atoms with van der Waals surface area (Å²) >= 11 is 12.1. The summed E-state index contributed by atoms with van der Waals surface area (Å²) in [5.41, 5.74) is 1.27. The van der Waals surface area contributed by atoms with Gasteiger partial charge in [0, 0.05) is 5.39 Å². The Morgan fingerprint density at radius 3 is 2.35 bits per heavy atom. The van der Waals surface area contributed by atoms with E-state index < -0.39 is 0 Å². The molecule has 0 radical (unpaired) electrons. The molecule has 0 aliphatic rings. The fourth-order valence-corrected chi connectivity index (χ4v) is 2.39. The number of nitrogens with zero attached hydrogens (tertiary/aromatic N) is 1. The van der Waals surface area contributed by atoms with Crippen molar-refractivity contribution in [3.05, 3.63) is 39.8 Å². The van der Waals surface area contributed by atoms with Crippen molar-refractivity contribution in [3.63, 3.8) is 0 Å². The van der Waals surface area contributed by atoms with Crippen molar-refractivity contribution >= 4 is 34.1 Å². The highest BCUT2D eigenvalue weighted by Crippen LogP contribution is 2.33. The van der Waals surface area contributed by atoms with E-state index in [4.69, 9.17) is 23.2 Å². The molecule has 0 spiro atoms. The number of pyridine rings is 1. The van der Waals surface area contributed by atoms with Crippen LogP contribution in [-0.2, 0) is 5.41 Å². The molecule has 0 atom stereocenters. The molecule has 1 aromatic carbocycles. The summed E-state index contributed by atoms with van der Waals surface area (Å²) < 4.78 is 13.3. The number of halogens is 3. The van der Waals surface area contributed by atoms with Crippen molar-refractivity contribution in [1.82, 2.24) is 4.98 Å². The van der Waals surface area contributed by atoms with Crippen molar-refractivity contribution in [2.75, 3.05) is 0 Å². The number of hydrogen-bond acceptors (Lipinski definition) is 1. The van der Waals surface area contributed by atoms with Gasteiger partial charge in [0.05, 0.1) is 10.5 Å². The number of aromatic nitrogens is 1. The second-order valence-corrected chi connectivity index (χ2v) is 5.80. The Bertz CT molecular complexity index is 588. The van der Waals surface area contributed by atoms with Crippen molar-refractivity contribution < 1.29 is 4.39 Å². The van der Waals surface area contributed by atoms with E-state index in [0.717, 1.165) is 5.56 Å². The minimum absolute atomic E-state index is 0.142. The number of fused-ring (bicyclic) bond motifs is 1. The van der Waals surface area contributed by atoms with Gasteiger partial charge in [-0.15, -0.1) is 0 Å². The molecule has 4 heteroatoms. The molecule has 1 nitrogen and oxygen atoms in total. The number of rotatable bonds is 0. The minimum Gasteiger partial charge on any atom is -0.234 e. The molecule has 0 fully saturated rings. The van der Waals surface area contributed by atoms with Crippen LogP contribution in [0.1, 0.15) is 26.3 Å². The highest BCUT2D eigenvalue weighted by atomic mass is 35.5. The van der Waals surface area contributed by atoms with Gasteiger partial charge in [-0.25, -0.2) is 9.37 Å². The van der Waals surface area contributed by atoms with Gasteiger partial charge in [0.25, 0.3) is 0 Å². The van der Waals surface area contributed by atoms with Crippen LogP contribution >= 0.6 is 23.2 Å². The molecule has 0 saturated carbocycles. The third-order valence-electron chi connectivity index (χ3n) is 2.60. The van der Waals surface area contributed by atoms with E-state index >= 15 is 0 Å². The zero-order valence-electron chi connectivity index (χ0n) is 9.81. The van der Waals surface area contributed by atoms with Crippen LogP contribution in [0.3, 0.4) is 0 Å². The zero-order chi connectivity index (χ0) is 12.8. The minimum atomic E-state index is -0.369. The first-order valence-corrected chi connectivity index (χ1v) is 6.00. The van der Waals surface area contributed by atoms with Crippen LogP contribution in [0.25, 0.3) is 10.9 Å². The molecule has 0 bridgehead atoms. The van der Waals surface area contributed by atoms with Crippen LogP contribution in [0.15, 0.2) is 18.2 Å². The molecular weight excluding hydrogens is 260 g/mol. The van der Waals surface area contributed by atoms with Crippen molar-refractivity contribution in [2.45, 2.75) is 26.2 Å². The molecule has 1 aromatic heterocycles. The first-order chi connectivity index (χ1) is 7.79. The van der Waals surface area contributed by atoms with Crippen LogP contribution in [-0.4, -0.2) is 4.98 Å². The summed E-state index contributed by atoms with van der Waals surface area (Å²) in [6, 6.07) is 4.50. The Balaban J connectivity index is 2.81. The van der Waals surface area contributed by atoms with Gasteiger partial charge in [0.2, 0.25) is 0 Å². The molecule has 2 rings (SSSR count). The fourth-order valence-electron chi connectivity index (χ4n) is 1.71. The van der Waals surface area contributed by atoms with E-state index in [1.807, 2.05) is 26.8 Å². The number of hydrogen-bond donors (Lipinski definition) is 0. The molecule has 0 unspecified atom stereocenters. The lowest BCUT2D eigenvalue weighted by molar-refractivity contribution is 0.588. The SMILES string of the molecule is CC(C)(C)c1cc2cc(F)cc(Cl)c2nc1Cl. The van der Waals surface area contributed by atoms with E-state index in [1.165, 1.54) is 12.1 Å². The Kier molecular flexibility index (Phi) is 3.04. The van der Waals surface area contributed by atoms with E-state index in [-0.39, 0.29) is 16.3 Å². The molecule has 2 aromatic rings. The van der Waals surface area contributed by atoms with Gasteiger partial charge in [-0.3, -0.25) is 0 Å². The molecular formula is C13H12Cl2FN.